The van der Waals surface area contributed by atoms with Gasteiger partial charge in [-0.25, -0.2) is 0 Å². The molecule has 0 aliphatic carbocycles. The number of halogens is 3. The maximum atomic E-state index is 10.2. The van der Waals surface area contributed by atoms with Crippen molar-refractivity contribution in [3.63, 3.8) is 0 Å². The van der Waals surface area contributed by atoms with E-state index in [0.29, 0.717) is 27.1 Å². The predicted octanol–water partition coefficient (Wildman–Crippen LogP) is 4.92. The summed E-state index contributed by atoms with van der Waals surface area (Å²) < 4.78 is 0. The minimum Gasteiger partial charge on any atom is -0.388 e. The quantitative estimate of drug-likeness (QED) is 0.853. The Hall–Kier alpha value is -0.730. The lowest BCUT2D eigenvalue weighted by molar-refractivity contribution is 0.178. The van der Waals surface area contributed by atoms with Crippen molar-refractivity contribution in [2.24, 2.45) is 0 Å². The lowest BCUT2D eigenvalue weighted by Crippen LogP contribution is -2.02. The molecular formula is C14H11Cl3O. The van der Waals surface area contributed by atoms with Crippen LogP contribution in [0.2, 0.25) is 15.1 Å². The number of aliphatic hydroxyl groups is 1. The smallest absolute Gasteiger partial charge is 0.0845 e. The minimum atomic E-state index is -0.699. The van der Waals surface area contributed by atoms with Gasteiger partial charge >= 0.3 is 0 Å². The first-order valence-corrected chi connectivity index (χ1v) is 6.57. The summed E-state index contributed by atoms with van der Waals surface area (Å²) in [6, 6.07) is 12.4. The molecule has 94 valence electrons. The van der Waals surface area contributed by atoms with E-state index in [1.54, 1.807) is 24.3 Å². The van der Waals surface area contributed by atoms with E-state index in [9.17, 15) is 5.11 Å². The molecule has 0 spiro atoms. The second-order valence-electron chi connectivity index (χ2n) is 4.02. The van der Waals surface area contributed by atoms with Gasteiger partial charge in [-0.3, -0.25) is 0 Å². The van der Waals surface area contributed by atoms with Gasteiger partial charge in [0.25, 0.3) is 0 Å². The van der Waals surface area contributed by atoms with Crippen LogP contribution < -0.4 is 0 Å². The first kappa shape index (κ1) is 13.7. The molecule has 0 radical (unpaired) electrons. The van der Waals surface area contributed by atoms with Crippen LogP contribution >= 0.6 is 34.8 Å². The van der Waals surface area contributed by atoms with Gasteiger partial charge in [0.15, 0.2) is 0 Å². The SMILES string of the molecule is OC(Cc1cccc(Cl)c1)c1cc(Cl)ccc1Cl. The van der Waals surface area contributed by atoms with Gasteiger partial charge in [0.2, 0.25) is 0 Å². The van der Waals surface area contributed by atoms with E-state index in [-0.39, 0.29) is 0 Å². The van der Waals surface area contributed by atoms with Crippen molar-refractivity contribution in [1.29, 1.82) is 0 Å². The Kier molecular flexibility index (Phi) is 4.52. The molecule has 0 bridgehead atoms. The van der Waals surface area contributed by atoms with E-state index >= 15 is 0 Å². The van der Waals surface area contributed by atoms with Crippen molar-refractivity contribution in [3.05, 3.63) is 68.7 Å². The van der Waals surface area contributed by atoms with Gasteiger partial charge < -0.3 is 5.11 Å². The van der Waals surface area contributed by atoms with Crippen LogP contribution in [-0.2, 0) is 6.42 Å². The Morgan fingerprint density at radius 1 is 0.944 bits per heavy atom. The van der Waals surface area contributed by atoms with Gasteiger partial charge in [-0.1, -0.05) is 46.9 Å². The molecule has 18 heavy (non-hydrogen) atoms. The summed E-state index contributed by atoms with van der Waals surface area (Å²) in [5, 5.41) is 11.9. The molecule has 1 atom stereocenters. The molecule has 0 aliphatic rings. The molecule has 4 heteroatoms. The summed E-state index contributed by atoms with van der Waals surface area (Å²) in [5.41, 5.74) is 1.58. The van der Waals surface area contributed by atoms with E-state index in [2.05, 4.69) is 0 Å². The highest BCUT2D eigenvalue weighted by Gasteiger charge is 2.13. The second kappa shape index (κ2) is 5.94. The normalized spacial score (nSPS) is 12.4. The van der Waals surface area contributed by atoms with Crippen LogP contribution in [-0.4, -0.2) is 5.11 Å². The molecule has 0 heterocycles. The van der Waals surface area contributed by atoms with E-state index in [1.807, 2.05) is 18.2 Å². The topological polar surface area (TPSA) is 20.2 Å². The Morgan fingerprint density at radius 3 is 2.39 bits per heavy atom. The van der Waals surface area contributed by atoms with E-state index < -0.39 is 6.10 Å². The fourth-order valence-electron chi connectivity index (χ4n) is 1.77. The van der Waals surface area contributed by atoms with E-state index in [1.165, 1.54) is 0 Å². The molecule has 1 N–H and O–H groups in total. The molecule has 2 aromatic carbocycles. The third kappa shape index (κ3) is 3.39. The van der Waals surface area contributed by atoms with Gasteiger partial charge in [0.1, 0.15) is 0 Å². The van der Waals surface area contributed by atoms with Crippen molar-refractivity contribution >= 4 is 34.8 Å². The molecule has 0 aliphatic heterocycles. The highest BCUT2D eigenvalue weighted by molar-refractivity contribution is 6.33. The standard InChI is InChI=1S/C14H11Cl3O/c15-10-3-1-2-9(6-10)7-14(18)12-8-11(16)4-5-13(12)17/h1-6,8,14,18H,7H2. The highest BCUT2D eigenvalue weighted by Crippen LogP contribution is 2.28. The molecular weight excluding hydrogens is 291 g/mol. The zero-order chi connectivity index (χ0) is 13.1. The maximum Gasteiger partial charge on any atom is 0.0845 e. The minimum absolute atomic E-state index is 0.445. The fourth-order valence-corrected chi connectivity index (χ4v) is 2.40. The zero-order valence-corrected chi connectivity index (χ0v) is 11.7. The van der Waals surface area contributed by atoms with Crippen molar-refractivity contribution in [1.82, 2.24) is 0 Å². The summed E-state index contributed by atoms with van der Waals surface area (Å²) in [5.74, 6) is 0. The van der Waals surface area contributed by atoms with Crippen LogP contribution in [0.3, 0.4) is 0 Å². The van der Waals surface area contributed by atoms with Crippen molar-refractivity contribution in [2.45, 2.75) is 12.5 Å². The lowest BCUT2D eigenvalue weighted by Gasteiger charge is -2.13. The number of rotatable bonds is 3. The van der Waals surface area contributed by atoms with Gasteiger partial charge in [-0.05, 0) is 35.9 Å². The summed E-state index contributed by atoms with van der Waals surface area (Å²) in [6.07, 6.45) is -0.254. The van der Waals surface area contributed by atoms with Crippen LogP contribution in [0.15, 0.2) is 42.5 Å². The molecule has 0 saturated carbocycles. The van der Waals surface area contributed by atoms with Crippen LogP contribution in [0.5, 0.6) is 0 Å². The van der Waals surface area contributed by atoms with Gasteiger partial charge in [0.05, 0.1) is 6.10 Å². The van der Waals surface area contributed by atoms with Crippen molar-refractivity contribution in [2.75, 3.05) is 0 Å². The third-order valence-electron chi connectivity index (χ3n) is 2.64. The maximum absolute atomic E-state index is 10.2. The van der Waals surface area contributed by atoms with Crippen LogP contribution in [0, 0.1) is 0 Å². The summed E-state index contributed by atoms with van der Waals surface area (Å²) in [6.45, 7) is 0. The molecule has 0 aromatic heterocycles. The lowest BCUT2D eigenvalue weighted by atomic mass is 10.0. The Morgan fingerprint density at radius 2 is 1.67 bits per heavy atom. The number of hydrogen-bond donors (Lipinski definition) is 1. The number of hydrogen-bond acceptors (Lipinski definition) is 1. The Bertz CT molecular complexity index is 554. The van der Waals surface area contributed by atoms with E-state index in [4.69, 9.17) is 34.8 Å². The predicted molar refractivity (Wildman–Crippen MR) is 76.6 cm³/mol. The molecule has 2 aromatic rings. The first-order chi connectivity index (χ1) is 8.56. The fraction of sp³-hybridized carbons (Fsp3) is 0.143. The monoisotopic (exact) mass is 300 g/mol. The molecule has 2 rings (SSSR count). The average molecular weight is 302 g/mol. The highest BCUT2D eigenvalue weighted by atomic mass is 35.5. The number of benzene rings is 2. The average Bonchev–Trinajstić information content (AvgIpc) is 2.32. The van der Waals surface area contributed by atoms with Crippen molar-refractivity contribution < 1.29 is 5.11 Å². The molecule has 0 saturated heterocycles. The Balaban J connectivity index is 2.21. The zero-order valence-electron chi connectivity index (χ0n) is 9.41. The summed E-state index contributed by atoms with van der Waals surface area (Å²) in [4.78, 5) is 0. The largest absolute Gasteiger partial charge is 0.388 e. The van der Waals surface area contributed by atoms with Crippen molar-refractivity contribution in [3.8, 4) is 0 Å². The summed E-state index contributed by atoms with van der Waals surface area (Å²) >= 11 is 17.8. The van der Waals surface area contributed by atoms with Crippen LogP contribution in [0.1, 0.15) is 17.2 Å². The van der Waals surface area contributed by atoms with Crippen LogP contribution in [0.25, 0.3) is 0 Å². The molecule has 1 nitrogen and oxygen atoms in total. The van der Waals surface area contributed by atoms with Gasteiger partial charge in [-0.2, -0.15) is 0 Å². The van der Waals surface area contributed by atoms with Gasteiger partial charge in [0, 0.05) is 27.1 Å². The summed E-state index contributed by atoms with van der Waals surface area (Å²) in [7, 11) is 0. The molecule has 0 fully saturated rings. The van der Waals surface area contributed by atoms with Gasteiger partial charge in [-0.15, -0.1) is 0 Å². The second-order valence-corrected chi connectivity index (χ2v) is 5.30. The molecule has 1 unspecified atom stereocenters. The molecule has 0 amide bonds. The first-order valence-electron chi connectivity index (χ1n) is 5.44. The van der Waals surface area contributed by atoms with Crippen LogP contribution in [0.4, 0.5) is 0 Å². The van der Waals surface area contributed by atoms with E-state index in [0.717, 1.165) is 5.56 Å². The number of aliphatic hydroxyl groups excluding tert-OH is 1. The Labute approximate surface area is 121 Å². The third-order valence-corrected chi connectivity index (χ3v) is 3.45.